The van der Waals surface area contributed by atoms with Crippen LogP contribution in [0.15, 0.2) is 170 Å². The summed E-state index contributed by atoms with van der Waals surface area (Å²) < 4.78 is 0. The first-order chi connectivity index (χ1) is 21.6. The number of rotatable bonds is 6. The van der Waals surface area contributed by atoms with E-state index in [2.05, 4.69) is 109 Å². The van der Waals surface area contributed by atoms with Crippen molar-refractivity contribution in [3.8, 4) is 0 Å². The van der Waals surface area contributed by atoms with E-state index in [4.69, 9.17) is 0 Å². The van der Waals surface area contributed by atoms with Crippen LogP contribution in [-0.4, -0.2) is 14.1 Å². The molecule has 0 saturated carbocycles. The molecule has 234 valence electrons. The highest BCUT2D eigenvalue weighted by molar-refractivity contribution is 5.62. The van der Waals surface area contributed by atoms with Crippen molar-refractivity contribution >= 4 is 17.1 Å². The van der Waals surface area contributed by atoms with Crippen molar-refractivity contribution in [1.29, 1.82) is 0 Å². The fraction of sp³-hybridized carbons (Fsp3) is 0.238. The lowest BCUT2D eigenvalue weighted by molar-refractivity contribution is 0.962. The third-order valence-corrected chi connectivity index (χ3v) is 6.05. The molecule has 0 atom stereocenters. The van der Waals surface area contributed by atoms with Crippen LogP contribution in [0.1, 0.15) is 53.0 Å². The molecule has 0 unspecified atom stereocenters. The monoisotopic (exact) mass is 588 g/mol. The molecule has 0 aliphatic heterocycles. The fourth-order valence-corrected chi connectivity index (χ4v) is 3.49. The van der Waals surface area contributed by atoms with E-state index >= 15 is 0 Å². The molecule has 0 spiro atoms. The van der Waals surface area contributed by atoms with Crippen LogP contribution in [0.25, 0.3) is 0 Å². The smallest absolute Gasteiger partial charge is 0.0408 e. The van der Waals surface area contributed by atoms with Crippen molar-refractivity contribution < 1.29 is 0 Å². The Bertz CT molecular complexity index is 1240. The van der Waals surface area contributed by atoms with Crippen LogP contribution in [0.4, 0.5) is 17.1 Å². The van der Waals surface area contributed by atoms with Crippen molar-refractivity contribution in [2.75, 3.05) is 23.9 Å². The third kappa shape index (κ3) is 17.4. The minimum Gasteiger partial charge on any atom is -0.345 e. The van der Waals surface area contributed by atoms with Gasteiger partial charge in [-0.15, -0.1) is 0 Å². The molecular formula is C42H56N2. The summed E-state index contributed by atoms with van der Waals surface area (Å²) in [5.74, 6) is 0. The number of hydrogen-bond donors (Lipinski definition) is 0. The molecule has 44 heavy (non-hydrogen) atoms. The molecule has 0 saturated heterocycles. The number of allylic oxidation sites excluding steroid dienone is 6. The van der Waals surface area contributed by atoms with E-state index < -0.39 is 0 Å². The standard InChI is InChI=1S/C14H15N.C14H17N.C6H6.C4H6.2C2H6/c1-12-8-10-14(11-9-12)15(2)13-6-4-3-5-7-13;1-4-9-13(10-5-2)15(3)14-11-7-6-8-12-14;1-2-4-6-5-3-1;1-2-4-3-1;2*1-2/h3-11H,1-2H3;4-12H,1H2,2-3H3;1-6H;1-2H,3-4H2;2*1-2H3/b;10-5-,13-9+;;;;. The summed E-state index contributed by atoms with van der Waals surface area (Å²) in [6.07, 6.45) is 14.9. The number of likely N-dealkylation sites (N-methyl/N-ethyl adjacent to an activating group) is 1. The highest BCUT2D eigenvalue weighted by Crippen LogP contribution is 2.23. The van der Waals surface area contributed by atoms with Crippen LogP contribution >= 0.6 is 0 Å². The summed E-state index contributed by atoms with van der Waals surface area (Å²) in [4.78, 5) is 4.31. The van der Waals surface area contributed by atoms with Crippen molar-refractivity contribution in [2.45, 2.75) is 54.4 Å². The Morgan fingerprint density at radius 2 is 0.955 bits per heavy atom. The number of aryl methyl sites for hydroxylation is 1. The Kier molecular flexibility index (Phi) is 24.5. The Morgan fingerprint density at radius 3 is 1.32 bits per heavy atom. The highest BCUT2D eigenvalue weighted by atomic mass is 15.1. The van der Waals surface area contributed by atoms with Crippen LogP contribution in [0.5, 0.6) is 0 Å². The summed E-state index contributed by atoms with van der Waals surface area (Å²) in [5, 5.41) is 0. The van der Waals surface area contributed by atoms with Gasteiger partial charge in [0, 0.05) is 36.9 Å². The molecular weight excluding hydrogens is 532 g/mol. The van der Waals surface area contributed by atoms with E-state index in [1.54, 1.807) is 6.08 Å². The zero-order chi connectivity index (χ0) is 32.8. The van der Waals surface area contributed by atoms with Crippen molar-refractivity contribution in [3.63, 3.8) is 0 Å². The molecule has 1 aliphatic carbocycles. The largest absolute Gasteiger partial charge is 0.345 e. The summed E-state index contributed by atoms with van der Waals surface area (Å²) in [6.45, 7) is 15.8. The molecule has 0 heterocycles. The Labute approximate surface area is 270 Å². The van der Waals surface area contributed by atoms with Crippen LogP contribution in [0, 0.1) is 6.92 Å². The topological polar surface area (TPSA) is 6.48 Å². The van der Waals surface area contributed by atoms with Crippen molar-refractivity contribution in [3.05, 3.63) is 176 Å². The average Bonchev–Trinajstić information content (AvgIpc) is 3.08. The van der Waals surface area contributed by atoms with Gasteiger partial charge in [0.25, 0.3) is 0 Å². The predicted molar refractivity (Wildman–Crippen MR) is 201 cm³/mol. The van der Waals surface area contributed by atoms with Gasteiger partial charge in [0.05, 0.1) is 0 Å². The van der Waals surface area contributed by atoms with Crippen LogP contribution in [-0.2, 0) is 0 Å². The number of hydrogen-bond acceptors (Lipinski definition) is 2. The maximum Gasteiger partial charge on any atom is 0.0408 e. The minimum absolute atomic E-state index is 1.12. The van der Waals surface area contributed by atoms with Crippen molar-refractivity contribution in [1.82, 2.24) is 0 Å². The van der Waals surface area contributed by atoms with E-state index in [-0.39, 0.29) is 0 Å². The quantitative estimate of drug-likeness (QED) is 0.163. The lowest BCUT2D eigenvalue weighted by atomic mass is 10.1. The van der Waals surface area contributed by atoms with Crippen molar-refractivity contribution in [2.24, 2.45) is 0 Å². The van der Waals surface area contributed by atoms with Gasteiger partial charge in [-0.1, -0.05) is 149 Å². The molecule has 0 aromatic heterocycles. The molecule has 2 heteroatoms. The van der Waals surface area contributed by atoms with E-state index in [0.29, 0.717) is 0 Å². The summed E-state index contributed by atoms with van der Waals surface area (Å²) in [7, 11) is 4.13. The first kappa shape index (κ1) is 39.4. The van der Waals surface area contributed by atoms with Gasteiger partial charge in [-0.2, -0.15) is 0 Å². The minimum atomic E-state index is 1.12. The number of anilines is 3. The van der Waals surface area contributed by atoms with Crippen LogP contribution < -0.4 is 9.80 Å². The number of para-hydroxylation sites is 2. The van der Waals surface area contributed by atoms with E-state index in [1.165, 1.54) is 35.5 Å². The number of nitrogens with zero attached hydrogens (tertiary/aromatic N) is 2. The second kappa shape index (κ2) is 27.3. The summed E-state index contributed by atoms with van der Waals surface area (Å²) in [6, 6.07) is 41.2. The summed E-state index contributed by atoms with van der Waals surface area (Å²) >= 11 is 0. The normalized spacial score (nSPS) is 10.6. The van der Waals surface area contributed by atoms with Gasteiger partial charge in [-0.3, -0.25) is 0 Å². The lowest BCUT2D eigenvalue weighted by Crippen LogP contribution is -2.14. The molecule has 2 nitrogen and oxygen atoms in total. The van der Waals surface area contributed by atoms with Gasteiger partial charge in [-0.05, 0) is 75.2 Å². The fourth-order valence-electron chi connectivity index (χ4n) is 3.49. The first-order valence-corrected chi connectivity index (χ1v) is 15.8. The SMILES string of the molecule is C1=CCC1.C=C/C=C(\C=C/C)N(C)c1ccccc1.CC.CC.Cc1ccc(N(C)c2ccccc2)cc1.c1ccccc1. The number of benzene rings is 4. The van der Waals surface area contributed by atoms with Gasteiger partial charge in [0.1, 0.15) is 0 Å². The second-order valence-electron chi connectivity index (χ2n) is 9.16. The summed E-state index contributed by atoms with van der Waals surface area (Å²) in [5.41, 5.74) is 6.01. The molecule has 5 rings (SSSR count). The maximum absolute atomic E-state index is 3.72. The van der Waals surface area contributed by atoms with E-state index in [9.17, 15) is 0 Å². The molecule has 0 bridgehead atoms. The van der Waals surface area contributed by atoms with E-state index in [1.807, 2.05) is 114 Å². The van der Waals surface area contributed by atoms with Gasteiger partial charge in [-0.25, -0.2) is 0 Å². The zero-order valence-electron chi connectivity index (χ0n) is 28.5. The average molecular weight is 589 g/mol. The van der Waals surface area contributed by atoms with Crippen LogP contribution in [0.3, 0.4) is 0 Å². The lowest BCUT2D eigenvalue weighted by Gasteiger charge is -2.20. The molecule has 0 N–H and O–H groups in total. The molecule has 1 aliphatic rings. The molecule has 0 amide bonds. The molecule has 4 aromatic rings. The first-order valence-electron chi connectivity index (χ1n) is 15.8. The molecule has 0 fully saturated rings. The Morgan fingerprint density at radius 1 is 0.591 bits per heavy atom. The van der Waals surface area contributed by atoms with Gasteiger partial charge < -0.3 is 9.80 Å². The molecule has 4 aromatic carbocycles. The Balaban J connectivity index is 0.000000591. The zero-order valence-corrected chi connectivity index (χ0v) is 28.5. The van der Waals surface area contributed by atoms with Crippen LogP contribution in [0.2, 0.25) is 0 Å². The molecule has 0 radical (unpaired) electrons. The Hall–Kier alpha value is -4.56. The highest BCUT2D eigenvalue weighted by Gasteiger charge is 2.02. The third-order valence-electron chi connectivity index (χ3n) is 6.05. The van der Waals surface area contributed by atoms with Gasteiger partial charge in [0.2, 0.25) is 0 Å². The van der Waals surface area contributed by atoms with Gasteiger partial charge >= 0.3 is 0 Å². The predicted octanol–water partition coefficient (Wildman–Crippen LogP) is 12.6. The maximum atomic E-state index is 3.72. The van der Waals surface area contributed by atoms with Gasteiger partial charge in [0.15, 0.2) is 0 Å². The van der Waals surface area contributed by atoms with E-state index in [0.717, 1.165) is 5.70 Å². The second-order valence-corrected chi connectivity index (χ2v) is 9.16.